The third-order valence-electron chi connectivity index (χ3n) is 7.36. The third-order valence-corrected chi connectivity index (χ3v) is 7.83. The van der Waals surface area contributed by atoms with Crippen molar-refractivity contribution in [2.75, 3.05) is 26.2 Å². The maximum absolute atomic E-state index is 13.7. The molecule has 2 N–H and O–H groups in total. The van der Waals surface area contributed by atoms with Crippen molar-refractivity contribution in [3.63, 3.8) is 0 Å². The van der Waals surface area contributed by atoms with Gasteiger partial charge in [-0.2, -0.15) is 0 Å². The van der Waals surface area contributed by atoms with Gasteiger partial charge in [-0.05, 0) is 42.0 Å². The van der Waals surface area contributed by atoms with E-state index in [0.29, 0.717) is 32.9 Å². The molecule has 1 saturated heterocycles. The maximum Gasteiger partial charge on any atom is 0.415 e. The van der Waals surface area contributed by atoms with E-state index >= 15 is 0 Å². The number of rotatable bonds is 8. The standard InChI is InChI=1S/C33H29Cl2N5O5/c1-2-3-9-30(42)39-14-15-40(24(20-39)19-36-29(41)16-21-7-5-4-6-8-21)33(44)45-28-13-11-23(35)18-26(28)31-37-27-12-10-22(34)17-25(27)32(43)38-31/h1,4-8,10-13,17-18,24H,3,9,14-16,19-20H2,(H,36,41)(H,37,38,43). The average molecular weight is 647 g/mol. The molecule has 4 aromatic rings. The molecule has 1 atom stereocenters. The molecule has 2 heterocycles. The fraction of sp³-hybridized carbons (Fsp3) is 0.242. The van der Waals surface area contributed by atoms with Gasteiger partial charge in [0.15, 0.2) is 0 Å². The first-order chi connectivity index (χ1) is 21.7. The van der Waals surface area contributed by atoms with Crippen molar-refractivity contribution in [2.45, 2.75) is 25.3 Å². The van der Waals surface area contributed by atoms with Gasteiger partial charge in [-0.1, -0.05) is 53.5 Å². The molecule has 1 fully saturated rings. The highest BCUT2D eigenvalue weighted by Gasteiger charge is 2.34. The Bertz CT molecular complexity index is 1840. The Labute approximate surface area is 269 Å². The van der Waals surface area contributed by atoms with Gasteiger partial charge in [-0.25, -0.2) is 9.78 Å². The second-order valence-electron chi connectivity index (χ2n) is 10.4. The number of halogens is 2. The van der Waals surface area contributed by atoms with E-state index in [0.717, 1.165) is 5.56 Å². The van der Waals surface area contributed by atoms with E-state index in [2.05, 4.69) is 21.2 Å². The number of piperazine rings is 1. The highest BCUT2D eigenvalue weighted by atomic mass is 35.5. The molecule has 5 rings (SSSR count). The van der Waals surface area contributed by atoms with Crippen molar-refractivity contribution < 1.29 is 19.1 Å². The predicted molar refractivity (Wildman–Crippen MR) is 172 cm³/mol. The van der Waals surface area contributed by atoms with Crippen LogP contribution in [0.2, 0.25) is 10.0 Å². The van der Waals surface area contributed by atoms with Crippen molar-refractivity contribution >= 4 is 52.0 Å². The summed E-state index contributed by atoms with van der Waals surface area (Å²) in [6.07, 6.45) is 5.30. The molecule has 45 heavy (non-hydrogen) atoms. The van der Waals surface area contributed by atoms with Crippen LogP contribution in [-0.4, -0.2) is 69.9 Å². The second-order valence-corrected chi connectivity index (χ2v) is 11.3. The molecule has 0 radical (unpaired) electrons. The van der Waals surface area contributed by atoms with Crippen LogP contribution in [0.5, 0.6) is 5.75 Å². The Hall–Kier alpha value is -4.85. The molecule has 3 amide bonds. The summed E-state index contributed by atoms with van der Waals surface area (Å²) in [7, 11) is 0. The number of nitrogens with zero attached hydrogens (tertiary/aromatic N) is 3. The highest BCUT2D eigenvalue weighted by molar-refractivity contribution is 6.31. The molecule has 0 spiro atoms. The van der Waals surface area contributed by atoms with Gasteiger partial charge in [-0.3, -0.25) is 19.3 Å². The Balaban J connectivity index is 1.37. The molecule has 0 bridgehead atoms. The van der Waals surface area contributed by atoms with Gasteiger partial charge >= 0.3 is 6.09 Å². The molecule has 3 aromatic carbocycles. The number of ether oxygens (including phenoxy) is 1. The highest BCUT2D eigenvalue weighted by Crippen LogP contribution is 2.32. The lowest BCUT2D eigenvalue weighted by atomic mass is 10.1. The monoisotopic (exact) mass is 645 g/mol. The third kappa shape index (κ3) is 7.81. The molecule has 1 unspecified atom stereocenters. The summed E-state index contributed by atoms with van der Waals surface area (Å²) in [4.78, 5) is 62.4. The molecule has 1 aliphatic heterocycles. The van der Waals surface area contributed by atoms with Crippen LogP contribution in [0.4, 0.5) is 4.79 Å². The summed E-state index contributed by atoms with van der Waals surface area (Å²) >= 11 is 12.3. The first-order valence-electron chi connectivity index (χ1n) is 14.2. The number of aromatic nitrogens is 2. The lowest BCUT2D eigenvalue weighted by Gasteiger charge is -2.40. The largest absolute Gasteiger partial charge is 0.415 e. The molecule has 0 saturated carbocycles. The number of benzene rings is 3. The molecule has 1 aromatic heterocycles. The van der Waals surface area contributed by atoms with Gasteiger partial charge in [0.25, 0.3) is 5.56 Å². The van der Waals surface area contributed by atoms with Crippen molar-refractivity contribution in [1.29, 1.82) is 0 Å². The van der Waals surface area contributed by atoms with Crippen molar-refractivity contribution in [3.05, 3.63) is 92.7 Å². The van der Waals surface area contributed by atoms with Gasteiger partial charge in [0.1, 0.15) is 11.6 Å². The van der Waals surface area contributed by atoms with Gasteiger partial charge in [0, 0.05) is 49.1 Å². The molecular weight excluding hydrogens is 617 g/mol. The fourth-order valence-electron chi connectivity index (χ4n) is 5.08. The Morgan fingerprint density at radius 2 is 1.80 bits per heavy atom. The number of aromatic amines is 1. The molecule has 12 heteroatoms. The Morgan fingerprint density at radius 1 is 1.04 bits per heavy atom. The lowest BCUT2D eigenvalue weighted by Crippen LogP contribution is -2.60. The second kappa shape index (κ2) is 14.3. The zero-order valence-electron chi connectivity index (χ0n) is 24.1. The number of fused-ring (bicyclic) bond motifs is 1. The summed E-state index contributed by atoms with van der Waals surface area (Å²) < 4.78 is 5.86. The van der Waals surface area contributed by atoms with E-state index < -0.39 is 17.7 Å². The summed E-state index contributed by atoms with van der Waals surface area (Å²) in [5.74, 6) is 2.38. The average Bonchev–Trinajstić information content (AvgIpc) is 3.04. The number of carbonyl (C=O) groups excluding carboxylic acids is 3. The summed E-state index contributed by atoms with van der Waals surface area (Å²) in [6.45, 7) is 0.701. The minimum atomic E-state index is -0.702. The number of hydrogen-bond acceptors (Lipinski definition) is 6. The van der Waals surface area contributed by atoms with E-state index in [1.54, 1.807) is 23.1 Å². The first kappa shape index (κ1) is 31.6. The van der Waals surface area contributed by atoms with E-state index in [-0.39, 0.29) is 62.4 Å². The topological polar surface area (TPSA) is 125 Å². The van der Waals surface area contributed by atoms with Crippen LogP contribution in [0.25, 0.3) is 22.3 Å². The van der Waals surface area contributed by atoms with Gasteiger partial charge < -0.3 is 19.9 Å². The van der Waals surface area contributed by atoms with Crippen LogP contribution in [0, 0.1) is 12.3 Å². The van der Waals surface area contributed by atoms with Crippen molar-refractivity contribution in [2.24, 2.45) is 0 Å². The van der Waals surface area contributed by atoms with Crippen LogP contribution >= 0.6 is 23.2 Å². The predicted octanol–water partition coefficient (Wildman–Crippen LogP) is 4.68. The van der Waals surface area contributed by atoms with Crippen molar-refractivity contribution in [1.82, 2.24) is 25.1 Å². The van der Waals surface area contributed by atoms with E-state index in [1.807, 2.05) is 30.3 Å². The van der Waals surface area contributed by atoms with Crippen LogP contribution in [-0.2, 0) is 16.0 Å². The summed E-state index contributed by atoms with van der Waals surface area (Å²) in [5, 5.41) is 3.92. The van der Waals surface area contributed by atoms with E-state index in [4.69, 9.17) is 34.4 Å². The molecule has 10 nitrogen and oxygen atoms in total. The zero-order chi connectivity index (χ0) is 31.9. The van der Waals surface area contributed by atoms with Gasteiger partial charge in [0.05, 0.1) is 28.9 Å². The smallest absolute Gasteiger partial charge is 0.409 e. The summed E-state index contributed by atoms with van der Waals surface area (Å²) in [5.41, 5.74) is 1.11. The summed E-state index contributed by atoms with van der Waals surface area (Å²) in [6, 6.07) is 18.0. The van der Waals surface area contributed by atoms with E-state index in [1.165, 1.54) is 23.1 Å². The number of nitrogens with one attached hydrogen (secondary N) is 2. The molecule has 1 aliphatic rings. The Kier molecular flexibility index (Phi) is 10.0. The number of carbonyl (C=O) groups is 3. The molecule has 230 valence electrons. The number of hydrogen-bond donors (Lipinski definition) is 2. The molecule has 0 aliphatic carbocycles. The van der Waals surface area contributed by atoms with Gasteiger partial charge in [-0.15, -0.1) is 12.3 Å². The number of H-pyrrole nitrogens is 1. The van der Waals surface area contributed by atoms with Crippen LogP contribution < -0.4 is 15.6 Å². The maximum atomic E-state index is 13.7. The fourth-order valence-corrected chi connectivity index (χ4v) is 5.42. The number of amides is 3. The lowest BCUT2D eigenvalue weighted by molar-refractivity contribution is -0.133. The quantitative estimate of drug-likeness (QED) is 0.268. The van der Waals surface area contributed by atoms with Gasteiger partial charge in [0.2, 0.25) is 11.8 Å². The van der Waals surface area contributed by atoms with E-state index in [9.17, 15) is 19.2 Å². The molecular formula is C33H29Cl2N5O5. The van der Waals surface area contributed by atoms with Crippen molar-refractivity contribution in [3.8, 4) is 29.5 Å². The minimum Gasteiger partial charge on any atom is -0.409 e. The first-order valence-corrected chi connectivity index (χ1v) is 15.0. The number of terminal acetylenes is 1. The zero-order valence-corrected chi connectivity index (χ0v) is 25.6. The normalized spacial score (nSPS) is 14.6. The Morgan fingerprint density at radius 3 is 2.58 bits per heavy atom. The van der Waals surface area contributed by atoms with Crippen LogP contribution in [0.15, 0.2) is 71.5 Å². The minimum absolute atomic E-state index is 0.0925. The van der Waals surface area contributed by atoms with Crippen LogP contribution in [0.3, 0.4) is 0 Å². The SMILES string of the molecule is C#CCCC(=O)N1CCN(C(=O)Oc2ccc(Cl)cc2-c2nc3ccc(Cl)cc3c(=O)[nH]2)C(CNC(=O)Cc2ccccc2)C1. The van der Waals surface area contributed by atoms with Crippen LogP contribution in [0.1, 0.15) is 18.4 Å².